The van der Waals surface area contributed by atoms with Crippen LogP contribution < -0.4 is 5.32 Å². The Kier molecular flexibility index (Phi) is 7.20. The van der Waals surface area contributed by atoms with Crippen LogP contribution in [-0.2, 0) is 9.53 Å². The van der Waals surface area contributed by atoms with E-state index in [1.807, 2.05) is 6.92 Å². The molecule has 9 heteroatoms. The molecule has 0 aromatic heterocycles. The van der Waals surface area contributed by atoms with Crippen molar-refractivity contribution in [2.75, 3.05) is 5.32 Å². The summed E-state index contributed by atoms with van der Waals surface area (Å²) in [5.41, 5.74) is 1.29. The van der Waals surface area contributed by atoms with Crippen molar-refractivity contribution in [1.29, 1.82) is 0 Å². The lowest BCUT2D eigenvalue weighted by Gasteiger charge is -2.15. The van der Waals surface area contributed by atoms with Crippen LogP contribution in [0.1, 0.15) is 38.8 Å². The molecule has 3 aromatic rings. The number of nitro groups is 1. The van der Waals surface area contributed by atoms with Crippen LogP contribution in [0.5, 0.6) is 0 Å². The maximum absolute atomic E-state index is 12.9. The van der Waals surface area contributed by atoms with Crippen LogP contribution in [-0.4, -0.2) is 28.7 Å². The number of hydrogen-bond donors (Lipinski definition) is 1. The Hall–Kier alpha value is -4.04. The van der Waals surface area contributed by atoms with Crippen LogP contribution in [0.4, 0.5) is 11.4 Å². The molecule has 0 saturated carbocycles. The Balaban J connectivity index is 1.76. The van der Waals surface area contributed by atoms with Gasteiger partial charge < -0.3 is 10.1 Å². The molecule has 3 rings (SSSR count). The van der Waals surface area contributed by atoms with E-state index < -0.39 is 22.9 Å². The number of carbonyl (C=O) groups is 3. The van der Waals surface area contributed by atoms with Crippen LogP contribution in [0.2, 0.25) is 5.02 Å². The highest BCUT2D eigenvalue weighted by molar-refractivity contribution is 6.33. The first kappa shape index (κ1) is 23.6. The van der Waals surface area contributed by atoms with Gasteiger partial charge in [-0.15, -0.1) is 0 Å². The highest BCUT2D eigenvalue weighted by Crippen LogP contribution is 2.27. The predicted octanol–water partition coefficient (Wildman–Crippen LogP) is 4.97. The number of nitro benzene ring substituents is 1. The van der Waals surface area contributed by atoms with Gasteiger partial charge in [0.1, 0.15) is 0 Å². The minimum atomic E-state index is -1.27. The molecule has 0 aliphatic rings. The zero-order valence-electron chi connectivity index (χ0n) is 17.7. The van der Waals surface area contributed by atoms with E-state index in [4.69, 9.17) is 16.3 Å². The number of hydrogen-bond acceptors (Lipinski definition) is 6. The van der Waals surface area contributed by atoms with E-state index in [9.17, 15) is 24.5 Å². The van der Waals surface area contributed by atoms with E-state index in [0.717, 1.165) is 11.6 Å². The highest BCUT2D eigenvalue weighted by atomic mass is 35.5. The Bertz CT molecular complexity index is 1240. The number of amides is 1. The Labute approximate surface area is 194 Å². The molecule has 0 heterocycles. The number of nitrogens with one attached hydrogen (secondary N) is 1. The minimum absolute atomic E-state index is 0.00807. The van der Waals surface area contributed by atoms with Gasteiger partial charge in [0.2, 0.25) is 0 Å². The van der Waals surface area contributed by atoms with E-state index in [1.54, 1.807) is 36.4 Å². The van der Waals surface area contributed by atoms with Crippen molar-refractivity contribution in [2.45, 2.75) is 20.0 Å². The molecule has 1 amide bonds. The minimum Gasteiger partial charge on any atom is -0.449 e. The zero-order valence-corrected chi connectivity index (χ0v) is 18.5. The molecule has 1 atom stereocenters. The average molecular weight is 467 g/mol. The molecule has 0 radical (unpaired) electrons. The molecule has 3 aromatic carbocycles. The largest absolute Gasteiger partial charge is 0.449 e. The van der Waals surface area contributed by atoms with E-state index in [0.29, 0.717) is 5.56 Å². The molecular weight excluding hydrogens is 448 g/mol. The molecule has 0 aliphatic heterocycles. The van der Waals surface area contributed by atoms with Gasteiger partial charge in [0.05, 0.1) is 21.2 Å². The van der Waals surface area contributed by atoms with E-state index in [-0.39, 0.29) is 33.3 Å². The van der Waals surface area contributed by atoms with Gasteiger partial charge in [-0.1, -0.05) is 59.6 Å². The molecule has 0 saturated heterocycles. The lowest BCUT2D eigenvalue weighted by Crippen LogP contribution is -2.30. The summed E-state index contributed by atoms with van der Waals surface area (Å²) in [5.74, 6) is -1.96. The van der Waals surface area contributed by atoms with Crippen LogP contribution >= 0.6 is 11.6 Å². The molecular formula is C24H19ClN2O6. The number of non-ortho nitro benzene ring substituents is 1. The molecule has 0 aliphatic carbocycles. The fourth-order valence-electron chi connectivity index (χ4n) is 2.95. The lowest BCUT2D eigenvalue weighted by atomic mass is 9.98. The molecule has 0 bridgehead atoms. The summed E-state index contributed by atoms with van der Waals surface area (Å²) >= 11 is 5.99. The number of rotatable bonds is 7. The topological polar surface area (TPSA) is 116 Å². The quantitative estimate of drug-likeness (QED) is 0.227. The molecule has 1 unspecified atom stereocenters. The molecule has 1 N–H and O–H groups in total. The smallest absolute Gasteiger partial charge is 0.339 e. The van der Waals surface area contributed by atoms with Gasteiger partial charge in [0.25, 0.3) is 11.6 Å². The summed E-state index contributed by atoms with van der Waals surface area (Å²) in [5, 5.41) is 13.4. The van der Waals surface area contributed by atoms with Crippen LogP contribution in [0.25, 0.3) is 0 Å². The van der Waals surface area contributed by atoms with Gasteiger partial charge in [-0.2, -0.15) is 0 Å². The number of anilines is 1. The van der Waals surface area contributed by atoms with E-state index in [1.165, 1.54) is 31.2 Å². The molecule has 0 spiro atoms. The number of benzene rings is 3. The molecule has 33 heavy (non-hydrogen) atoms. The monoisotopic (exact) mass is 466 g/mol. The summed E-state index contributed by atoms with van der Waals surface area (Å²) in [6, 6.07) is 16.6. The van der Waals surface area contributed by atoms with Crippen molar-refractivity contribution in [3.05, 3.63) is 104 Å². The number of carbonyl (C=O) groups excluding carboxylic acids is 3. The average Bonchev–Trinajstić information content (AvgIpc) is 2.80. The van der Waals surface area contributed by atoms with Crippen molar-refractivity contribution in [2.24, 2.45) is 0 Å². The first-order chi connectivity index (χ1) is 15.7. The summed E-state index contributed by atoms with van der Waals surface area (Å²) in [7, 11) is 0. The summed E-state index contributed by atoms with van der Waals surface area (Å²) in [6.07, 6.45) is -1.27. The fourth-order valence-corrected chi connectivity index (χ4v) is 3.12. The maximum atomic E-state index is 12.9. The van der Waals surface area contributed by atoms with Crippen molar-refractivity contribution in [3.8, 4) is 0 Å². The number of halogens is 1. The third-order valence-corrected chi connectivity index (χ3v) is 5.11. The van der Waals surface area contributed by atoms with Gasteiger partial charge in [0.15, 0.2) is 11.9 Å². The first-order valence-electron chi connectivity index (χ1n) is 9.83. The summed E-state index contributed by atoms with van der Waals surface area (Å²) in [4.78, 5) is 48.5. The summed E-state index contributed by atoms with van der Waals surface area (Å²) in [6.45, 7) is 3.23. The second-order valence-corrected chi connectivity index (χ2v) is 7.61. The highest BCUT2D eigenvalue weighted by Gasteiger charge is 2.24. The third-order valence-electron chi connectivity index (χ3n) is 4.78. The van der Waals surface area contributed by atoms with Crippen molar-refractivity contribution >= 4 is 40.6 Å². The van der Waals surface area contributed by atoms with Crippen molar-refractivity contribution in [1.82, 2.24) is 0 Å². The third kappa shape index (κ3) is 5.61. The van der Waals surface area contributed by atoms with Gasteiger partial charge in [-0.3, -0.25) is 19.7 Å². The number of esters is 1. The molecule has 8 nitrogen and oxygen atoms in total. The maximum Gasteiger partial charge on any atom is 0.339 e. The summed E-state index contributed by atoms with van der Waals surface area (Å²) < 4.78 is 5.25. The van der Waals surface area contributed by atoms with Crippen molar-refractivity contribution < 1.29 is 24.0 Å². The van der Waals surface area contributed by atoms with Gasteiger partial charge >= 0.3 is 5.97 Å². The first-order valence-corrected chi connectivity index (χ1v) is 10.2. The second kappa shape index (κ2) is 10.1. The zero-order chi connectivity index (χ0) is 24.1. The standard InChI is InChI=1S/C24H19ClN2O6/c1-14-7-9-16(10-8-14)22(28)18-5-3-4-6-19(18)24(30)33-15(2)23(29)26-21-13-17(27(31)32)11-12-20(21)25/h3-13,15H,1-2H3,(H,26,29). The number of aryl methyl sites for hydroxylation is 1. The van der Waals surface area contributed by atoms with Gasteiger partial charge in [0, 0.05) is 23.3 Å². The molecule has 0 fully saturated rings. The second-order valence-electron chi connectivity index (χ2n) is 7.20. The van der Waals surface area contributed by atoms with Crippen LogP contribution in [0, 0.1) is 17.0 Å². The van der Waals surface area contributed by atoms with Crippen molar-refractivity contribution in [3.63, 3.8) is 0 Å². The fraction of sp³-hybridized carbons (Fsp3) is 0.125. The Morgan fingerprint density at radius 1 is 1.00 bits per heavy atom. The van der Waals surface area contributed by atoms with Crippen LogP contribution in [0.3, 0.4) is 0 Å². The van der Waals surface area contributed by atoms with Gasteiger partial charge in [-0.25, -0.2) is 4.79 Å². The predicted molar refractivity (Wildman–Crippen MR) is 123 cm³/mol. The lowest BCUT2D eigenvalue weighted by molar-refractivity contribution is -0.384. The number of ketones is 1. The van der Waals surface area contributed by atoms with E-state index in [2.05, 4.69) is 5.32 Å². The number of nitrogens with zero attached hydrogens (tertiary/aromatic N) is 1. The normalized spacial score (nSPS) is 11.4. The molecule has 168 valence electrons. The number of ether oxygens (including phenoxy) is 1. The van der Waals surface area contributed by atoms with E-state index >= 15 is 0 Å². The van der Waals surface area contributed by atoms with Crippen LogP contribution in [0.15, 0.2) is 66.7 Å². The Morgan fingerprint density at radius 3 is 2.27 bits per heavy atom. The Morgan fingerprint density at radius 2 is 1.64 bits per heavy atom. The van der Waals surface area contributed by atoms with Gasteiger partial charge in [-0.05, 0) is 26.0 Å². The SMILES string of the molecule is Cc1ccc(C(=O)c2ccccc2C(=O)OC(C)C(=O)Nc2cc([N+](=O)[O-])ccc2Cl)cc1.